The number of piperidine rings is 1. The molecule has 7 rings (SSSR count). The number of likely N-dealkylation sites (N-methyl/N-ethyl adjacent to an activating group) is 1. The van der Waals surface area contributed by atoms with Crippen LogP contribution in [-0.2, 0) is 0 Å². The Hall–Kier alpha value is -3.92. The van der Waals surface area contributed by atoms with E-state index in [0.717, 1.165) is 70.5 Å². The van der Waals surface area contributed by atoms with E-state index in [1.165, 1.54) is 11.3 Å². The molecule has 1 unspecified atom stereocenters. The van der Waals surface area contributed by atoms with Crippen molar-refractivity contribution in [2.75, 3.05) is 48.3 Å². The van der Waals surface area contributed by atoms with E-state index < -0.39 is 21.7 Å². The average Bonchev–Trinajstić information content (AvgIpc) is 3.42. The van der Waals surface area contributed by atoms with Gasteiger partial charge in [-0.25, -0.2) is 0 Å². The number of carbonyl (C=O) groups excluding carboxylic acids is 3. The molecule has 5 N–H and O–H groups in total. The first kappa shape index (κ1) is 36.4. The molecule has 1 aliphatic carbocycles. The number of pyridine rings is 1. The molecule has 12 heteroatoms. The molecule has 3 aliphatic heterocycles. The second-order valence-electron chi connectivity index (χ2n) is 15.1. The minimum absolute atomic E-state index is 0.0234. The van der Waals surface area contributed by atoms with Crippen LogP contribution in [0.15, 0.2) is 60.8 Å². The third-order valence-corrected chi connectivity index (χ3v) is 14.0. The molecular formula is C40H51AsN7O4. The fraction of sp³-hybridized carbons (Fsp3) is 0.500. The van der Waals surface area contributed by atoms with Crippen LogP contribution in [0.5, 0.6) is 0 Å². The van der Waals surface area contributed by atoms with Gasteiger partial charge in [-0.2, -0.15) is 0 Å². The van der Waals surface area contributed by atoms with Gasteiger partial charge in [0.2, 0.25) is 0 Å². The summed E-state index contributed by atoms with van der Waals surface area (Å²) in [5.41, 5.74) is 10.2. The van der Waals surface area contributed by atoms with Crippen LogP contribution in [0.2, 0.25) is 0 Å². The summed E-state index contributed by atoms with van der Waals surface area (Å²) >= 11 is -0.583. The minimum atomic E-state index is -0.583. The van der Waals surface area contributed by atoms with Crippen LogP contribution in [-0.4, -0.2) is 111 Å². The quantitative estimate of drug-likeness (QED) is 0.211. The number of aliphatic hydroxyl groups excluding tert-OH is 1. The SMILES string of the molecule is C[C@H]([As]C(=O)c1ccc(N2[C@@H]3CC[C@H]2CC(NC(=O)c2ccc(C(N)=O)c(NC4CCC(O)CC4)c2)C3)nc1)c1ccc(N2CCN(C)CC2)cc1. The number of anilines is 3. The van der Waals surface area contributed by atoms with E-state index in [1.807, 2.05) is 12.1 Å². The van der Waals surface area contributed by atoms with Crippen molar-refractivity contribution in [1.29, 1.82) is 0 Å². The van der Waals surface area contributed by atoms with Crippen molar-refractivity contribution in [3.8, 4) is 0 Å². The number of hydrogen-bond acceptors (Lipinski definition) is 9. The Bertz CT molecular complexity index is 1730. The summed E-state index contributed by atoms with van der Waals surface area (Å²) in [5.74, 6) is 0.184. The molecule has 2 amide bonds. The van der Waals surface area contributed by atoms with Gasteiger partial charge < -0.3 is 16.2 Å². The Labute approximate surface area is 313 Å². The zero-order chi connectivity index (χ0) is 36.4. The van der Waals surface area contributed by atoms with Gasteiger partial charge >= 0.3 is 220 Å². The summed E-state index contributed by atoms with van der Waals surface area (Å²) in [7, 11) is 2.17. The van der Waals surface area contributed by atoms with Gasteiger partial charge in [-0.1, -0.05) is 0 Å². The Balaban J connectivity index is 0.930. The third kappa shape index (κ3) is 8.32. The molecule has 3 saturated heterocycles. The molecule has 0 spiro atoms. The van der Waals surface area contributed by atoms with E-state index in [4.69, 9.17) is 10.7 Å². The first-order valence-electron chi connectivity index (χ1n) is 18.8. The molecule has 1 saturated carbocycles. The molecule has 275 valence electrons. The van der Waals surface area contributed by atoms with Crippen molar-refractivity contribution in [3.05, 3.63) is 83.0 Å². The summed E-state index contributed by atoms with van der Waals surface area (Å²) in [6.07, 6.45) is 8.15. The number of piperazine rings is 1. The van der Waals surface area contributed by atoms with Gasteiger partial charge in [0.1, 0.15) is 0 Å². The number of nitrogens with zero attached hydrogens (tertiary/aromatic N) is 4. The van der Waals surface area contributed by atoms with E-state index in [1.54, 1.807) is 24.4 Å². The van der Waals surface area contributed by atoms with Crippen LogP contribution in [0.3, 0.4) is 0 Å². The van der Waals surface area contributed by atoms with Gasteiger partial charge in [-0.15, -0.1) is 0 Å². The van der Waals surface area contributed by atoms with Gasteiger partial charge in [0, 0.05) is 11.7 Å². The first-order chi connectivity index (χ1) is 25.1. The van der Waals surface area contributed by atoms with Gasteiger partial charge in [-0.05, 0) is 43.9 Å². The number of fused-ring (bicyclic) bond motifs is 2. The summed E-state index contributed by atoms with van der Waals surface area (Å²) in [6, 6.07) is 18.4. The maximum absolute atomic E-state index is 13.5. The van der Waals surface area contributed by atoms with Gasteiger partial charge in [0.05, 0.1) is 11.7 Å². The standard InChI is InChI=1S/C40H51AsN7O4/c1-25(26-3-9-31(10-4-26)47-19-17-46(2)18-20-47)41-38(50)28-6-16-37(43-24-28)48-32-11-12-33(48)23-30(22-32)45-40(52)27-5-15-35(39(42)51)36(21-27)44-29-7-13-34(49)14-8-29/h3-6,9-10,15-16,21,24-25,29-30,32-34,44,49H,7-8,11-14,17-20,22-23H2,1-2H3,(H2,42,51)(H,45,52)/t25-,29?,30?,32-,33+,34?/m0/s1. The molecule has 1 radical (unpaired) electrons. The number of primary amides is 1. The van der Waals surface area contributed by atoms with Gasteiger partial charge in [-0.3, -0.25) is 4.79 Å². The number of amides is 2. The number of benzene rings is 2. The second kappa shape index (κ2) is 16.0. The Morgan fingerprint density at radius 3 is 2.17 bits per heavy atom. The molecule has 1 aromatic heterocycles. The Morgan fingerprint density at radius 1 is 0.865 bits per heavy atom. The molecule has 2 aromatic carbocycles. The van der Waals surface area contributed by atoms with Crippen molar-refractivity contribution in [2.45, 2.75) is 93.3 Å². The van der Waals surface area contributed by atoms with E-state index in [0.29, 0.717) is 35.2 Å². The van der Waals surface area contributed by atoms with Crippen molar-refractivity contribution < 1.29 is 19.5 Å². The third-order valence-electron chi connectivity index (χ3n) is 11.5. The molecule has 4 atom stereocenters. The number of nitrogens with one attached hydrogen (secondary N) is 2. The van der Waals surface area contributed by atoms with Crippen LogP contribution in [0, 0.1) is 0 Å². The van der Waals surface area contributed by atoms with Crippen LogP contribution >= 0.6 is 0 Å². The topological polar surface area (TPSA) is 144 Å². The van der Waals surface area contributed by atoms with Gasteiger partial charge in [0.25, 0.3) is 5.91 Å². The summed E-state index contributed by atoms with van der Waals surface area (Å²) < 4.78 is 0.390. The Morgan fingerprint density at radius 2 is 1.54 bits per heavy atom. The van der Waals surface area contributed by atoms with Crippen LogP contribution in [0.25, 0.3) is 0 Å². The molecule has 52 heavy (non-hydrogen) atoms. The van der Waals surface area contributed by atoms with Crippen LogP contribution in [0.4, 0.5) is 17.2 Å². The molecule has 4 fully saturated rings. The zero-order valence-electron chi connectivity index (χ0n) is 30.2. The molecule has 4 heterocycles. The number of aromatic nitrogens is 1. The molecule has 4 aliphatic rings. The number of carbonyl (C=O) groups is 3. The fourth-order valence-corrected chi connectivity index (χ4v) is 10.4. The van der Waals surface area contributed by atoms with E-state index in [2.05, 4.69) is 63.6 Å². The first-order valence-corrected chi connectivity index (χ1v) is 20.9. The van der Waals surface area contributed by atoms with Gasteiger partial charge in [0.15, 0.2) is 0 Å². The van der Waals surface area contributed by atoms with Crippen LogP contribution < -0.4 is 26.2 Å². The van der Waals surface area contributed by atoms with E-state index in [-0.39, 0.29) is 45.5 Å². The molecule has 3 aromatic rings. The molecule has 11 nitrogen and oxygen atoms in total. The number of aliphatic hydroxyl groups is 1. The van der Waals surface area contributed by atoms with Crippen molar-refractivity contribution in [3.63, 3.8) is 0 Å². The Kier molecular flexibility index (Phi) is 11.2. The van der Waals surface area contributed by atoms with Crippen molar-refractivity contribution >= 4 is 49.3 Å². The second-order valence-corrected chi connectivity index (χ2v) is 18.1. The van der Waals surface area contributed by atoms with E-state index in [9.17, 15) is 19.5 Å². The molecular weight excluding hydrogens is 717 g/mol. The fourth-order valence-electron chi connectivity index (χ4n) is 8.42. The normalized spacial score (nSPS) is 25.6. The van der Waals surface area contributed by atoms with Crippen LogP contribution in [0.1, 0.15) is 99.6 Å². The average molecular weight is 769 g/mol. The summed E-state index contributed by atoms with van der Waals surface area (Å²) in [5, 5.41) is 16.6. The predicted molar refractivity (Wildman–Crippen MR) is 206 cm³/mol. The molecule has 2 bridgehead atoms. The predicted octanol–water partition coefficient (Wildman–Crippen LogP) is 4.18. The number of nitrogens with two attached hydrogens (primary N) is 1. The van der Waals surface area contributed by atoms with Crippen molar-refractivity contribution in [1.82, 2.24) is 15.2 Å². The van der Waals surface area contributed by atoms with Crippen molar-refractivity contribution in [2.24, 2.45) is 5.73 Å². The maximum atomic E-state index is 13.5. The number of rotatable bonds is 11. The van der Waals surface area contributed by atoms with E-state index >= 15 is 0 Å². The number of hydrogen-bond donors (Lipinski definition) is 4. The monoisotopic (exact) mass is 768 g/mol. The summed E-state index contributed by atoms with van der Waals surface area (Å²) in [6.45, 7) is 6.39. The zero-order valence-corrected chi connectivity index (χ0v) is 32.1. The summed E-state index contributed by atoms with van der Waals surface area (Å²) in [4.78, 5) is 51.0.